The van der Waals surface area contributed by atoms with Gasteiger partial charge in [0.2, 0.25) is 11.7 Å². The van der Waals surface area contributed by atoms with E-state index in [2.05, 4.69) is 20.1 Å². The van der Waals surface area contributed by atoms with Crippen molar-refractivity contribution >= 4 is 22.8 Å². The predicted octanol–water partition coefficient (Wildman–Crippen LogP) is 2.87. The van der Waals surface area contributed by atoms with Crippen molar-refractivity contribution in [3.8, 4) is 0 Å². The predicted molar refractivity (Wildman–Crippen MR) is 109 cm³/mol. The minimum absolute atomic E-state index is 0.0886. The van der Waals surface area contributed by atoms with Crippen LogP contribution in [-0.4, -0.2) is 37.2 Å². The van der Waals surface area contributed by atoms with E-state index in [9.17, 15) is 4.79 Å². The van der Waals surface area contributed by atoms with E-state index in [0.29, 0.717) is 23.4 Å². The Morgan fingerprint density at radius 1 is 0.893 bits per heavy atom. The minimum Gasteiger partial charge on any atom is -0.341 e. The number of anilines is 1. The van der Waals surface area contributed by atoms with Crippen molar-refractivity contribution in [1.82, 2.24) is 24.1 Å². The van der Waals surface area contributed by atoms with Gasteiger partial charge in [-0.3, -0.25) is 9.36 Å². The van der Waals surface area contributed by atoms with Crippen LogP contribution in [0.4, 0.5) is 5.95 Å². The van der Waals surface area contributed by atoms with Crippen molar-refractivity contribution in [2.75, 3.05) is 18.0 Å². The second-order valence-corrected chi connectivity index (χ2v) is 7.29. The molecule has 4 heterocycles. The molecule has 0 bridgehead atoms. The fourth-order valence-corrected chi connectivity index (χ4v) is 3.99. The second kappa shape index (κ2) is 7.07. The van der Waals surface area contributed by atoms with E-state index >= 15 is 0 Å². The van der Waals surface area contributed by atoms with Crippen LogP contribution in [0.2, 0.25) is 0 Å². The number of nitrogens with zero attached hydrogens (tertiary/aromatic N) is 6. The summed E-state index contributed by atoms with van der Waals surface area (Å²) >= 11 is 0. The molecule has 0 amide bonds. The Labute approximate surface area is 162 Å². The first-order chi connectivity index (χ1) is 13.8. The molecule has 0 radical (unpaired) electrons. The highest BCUT2D eigenvalue weighted by molar-refractivity contribution is 5.77. The van der Waals surface area contributed by atoms with Crippen LogP contribution in [0.25, 0.3) is 16.8 Å². The summed E-state index contributed by atoms with van der Waals surface area (Å²) in [5.74, 6) is 1.32. The maximum absolute atomic E-state index is 13.2. The molecule has 7 nitrogen and oxygen atoms in total. The number of hydrogen-bond acceptors (Lipinski definition) is 5. The molecule has 1 aromatic carbocycles. The number of pyridine rings is 1. The largest absolute Gasteiger partial charge is 0.341 e. The zero-order valence-electron chi connectivity index (χ0n) is 15.7. The van der Waals surface area contributed by atoms with Crippen LogP contribution in [0.5, 0.6) is 0 Å². The number of hydrogen-bond donors (Lipinski definition) is 0. The third kappa shape index (κ3) is 2.83. The minimum atomic E-state index is -0.0886. The molecule has 0 unspecified atom stereocenters. The van der Waals surface area contributed by atoms with Gasteiger partial charge < -0.3 is 4.90 Å². The molecular weight excluding hydrogens is 352 g/mol. The van der Waals surface area contributed by atoms with Gasteiger partial charge >= 0.3 is 0 Å². The van der Waals surface area contributed by atoms with E-state index in [1.807, 2.05) is 40.8 Å². The van der Waals surface area contributed by atoms with E-state index < -0.39 is 0 Å². The van der Waals surface area contributed by atoms with Gasteiger partial charge in [-0.05, 0) is 30.5 Å². The molecule has 0 atom stereocenters. The molecular formula is C21H22N6O. The second-order valence-electron chi connectivity index (χ2n) is 7.29. The summed E-state index contributed by atoms with van der Waals surface area (Å²) in [6, 6.07) is 13.6. The van der Waals surface area contributed by atoms with Crippen LogP contribution in [-0.2, 0) is 6.54 Å². The molecule has 28 heavy (non-hydrogen) atoms. The Balaban J connectivity index is 1.75. The Bertz CT molecular complexity index is 1170. The number of fused-ring (bicyclic) bond motifs is 3. The number of rotatable bonds is 3. The van der Waals surface area contributed by atoms with Crippen LogP contribution >= 0.6 is 0 Å². The number of aromatic nitrogens is 5. The average molecular weight is 374 g/mol. The summed E-state index contributed by atoms with van der Waals surface area (Å²) in [4.78, 5) is 20.0. The van der Waals surface area contributed by atoms with E-state index in [1.165, 1.54) is 12.8 Å². The third-order valence-electron chi connectivity index (χ3n) is 5.42. The molecule has 0 aliphatic carbocycles. The molecule has 5 rings (SSSR count). The summed E-state index contributed by atoms with van der Waals surface area (Å²) in [5, 5.41) is 9.50. The summed E-state index contributed by atoms with van der Waals surface area (Å²) in [7, 11) is 0. The van der Waals surface area contributed by atoms with Crippen LogP contribution < -0.4 is 10.5 Å². The summed E-state index contributed by atoms with van der Waals surface area (Å²) < 4.78 is 3.65. The molecule has 7 heteroatoms. The van der Waals surface area contributed by atoms with Gasteiger partial charge in [-0.25, -0.2) is 9.38 Å². The Kier molecular flexibility index (Phi) is 4.27. The summed E-state index contributed by atoms with van der Waals surface area (Å²) in [6.07, 6.45) is 6.48. The zero-order valence-corrected chi connectivity index (χ0v) is 15.7. The SMILES string of the molecule is O=c1c2cccnc2n2c(N3CCCCCC3)nnc2n1Cc1ccccc1. The molecule has 142 valence electrons. The maximum Gasteiger partial charge on any atom is 0.264 e. The monoisotopic (exact) mass is 374 g/mol. The standard InChI is InChI=1S/C21H22N6O/c28-19-17-11-8-12-22-18(17)27-20(25-13-6-1-2-7-14-25)23-24-21(27)26(19)15-16-9-4-3-5-10-16/h3-5,8-12H,1-2,6-7,13-15H2. The van der Waals surface area contributed by atoms with Gasteiger partial charge in [-0.2, -0.15) is 0 Å². The smallest absolute Gasteiger partial charge is 0.264 e. The Hall–Kier alpha value is -3.22. The highest BCUT2D eigenvalue weighted by Crippen LogP contribution is 2.22. The van der Waals surface area contributed by atoms with Crippen molar-refractivity contribution in [3.05, 3.63) is 64.6 Å². The summed E-state index contributed by atoms with van der Waals surface area (Å²) in [5.41, 5.74) is 1.58. The normalized spacial score (nSPS) is 15.2. The summed E-state index contributed by atoms with van der Waals surface area (Å²) in [6.45, 7) is 2.35. The lowest BCUT2D eigenvalue weighted by Gasteiger charge is -2.20. The molecule has 1 saturated heterocycles. The van der Waals surface area contributed by atoms with Crippen LogP contribution in [0.1, 0.15) is 31.2 Å². The van der Waals surface area contributed by atoms with Gasteiger partial charge in [0.25, 0.3) is 5.56 Å². The maximum atomic E-state index is 13.2. The molecule has 0 N–H and O–H groups in total. The molecule has 3 aromatic heterocycles. The number of benzene rings is 1. The first-order valence-corrected chi connectivity index (χ1v) is 9.84. The van der Waals surface area contributed by atoms with Gasteiger partial charge in [0.05, 0.1) is 11.9 Å². The van der Waals surface area contributed by atoms with E-state index in [4.69, 9.17) is 0 Å². The molecule has 0 saturated carbocycles. The zero-order chi connectivity index (χ0) is 18.9. The van der Waals surface area contributed by atoms with E-state index in [1.54, 1.807) is 16.8 Å². The van der Waals surface area contributed by atoms with Crippen LogP contribution in [0.15, 0.2) is 53.5 Å². The lowest BCUT2D eigenvalue weighted by molar-refractivity contribution is 0.726. The molecule has 1 aliphatic heterocycles. The van der Waals surface area contributed by atoms with Crippen molar-refractivity contribution in [1.29, 1.82) is 0 Å². The fraction of sp³-hybridized carbons (Fsp3) is 0.333. The molecule has 4 aromatic rings. The quantitative estimate of drug-likeness (QED) is 0.552. The highest BCUT2D eigenvalue weighted by atomic mass is 16.1. The highest BCUT2D eigenvalue weighted by Gasteiger charge is 2.21. The first kappa shape index (κ1) is 16.9. The van der Waals surface area contributed by atoms with Crippen molar-refractivity contribution in [3.63, 3.8) is 0 Å². The topological polar surface area (TPSA) is 68.3 Å². The van der Waals surface area contributed by atoms with Crippen molar-refractivity contribution in [2.24, 2.45) is 0 Å². The van der Waals surface area contributed by atoms with Gasteiger partial charge in [-0.1, -0.05) is 43.2 Å². The average Bonchev–Trinajstić information content (AvgIpc) is 2.99. The van der Waals surface area contributed by atoms with Gasteiger partial charge in [0.1, 0.15) is 0 Å². The van der Waals surface area contributed by atoms with Gasteiger partial charge in [0.15, 0.2) is 5.65 Å². The van der Waals surface area contributed by atoms with Crippen LogP contribution in [0.3, 0.4) is 0 Å². The Morgan fingerprint density at radius 2 is 1.68 bits per heavy atom. The molecule has 1 aliphatic rings. The Morgan fingerprint density at radius 3 is 2.46 bits per heavy atom. The van der Waals surface area contributed by atoms with Crippen molar-refractivity contribution in [2.45, 2.75) is 32.2 Å². The molecule has 1 fully saturated rings. The third-order valence-corrected chi connectivity index (χ3v) is 5.42. The lowest BCUT2D eigenvalue weighted by Crippen LogP contribution is -2.28. The first-order valence-electron chi connectivity index (χ1n) is 9.84. The van der Waals surface area contributed by atoms with Crippen LogP contribution in [0, 0.1) is 0 Å². The lowest BCUT2D eigenvalue weighted by atomic mass is 10.2. The fourth-order valence-electron chi connectivity index (χ4n) is 3.99. The van der Waals surface area contributed by atoms with Crippen molar-refractivity contribution < 1.29 is 0 Å². The molecule has 0 spiro atoms. The van der Waals surface area contributed by atoms with Gasteiger partial charge in [-0.15, -0.1) is 10.2 Å². The van der Waals surface area contributed by atoms with E-state index in [0.717, 1.165) is 37.4 Å². The van der Waals surface area contributed by atoms with E-state index in [-0.39, 0.29) is 5.56 Å². The van der Waals surface area contributed by atoms with Gasteiger partial charge in [0, 0.05) is 19.3 Å².